The highest BCUT2D eigenvalue weighted by molar-refractivity contribution is 5.36. The van der Waals surface area contributed by atoms with E-state index >= 15 is 0 Å². The van der Waals surface area contributed by atoms with Gasteiger partial charge in [-0.25, -0.2) is 4.98 Å². The minimum absolute atomic E-state index is 0.0212. The second-order valence-electron chi connectivity index (χ2n) is 8.02. The molecule has 0 radical (unpaired) electrons. The van der Waals surface area contributed by atoms with E-state index in [2.05, 4.69) is 71.4 Å². The Balaban J connectivity index is 1.42. The van der Waals surface area contributed by atoms with E-state index < -0.39 is 0 Å². The van der Waals surface area contributed by atoms with E-state index in [4.69, 9.17) is 4.98 Å². The maximum absolute atomic E-state index is 12.8. The molecule has 0 aliphatic carbocycles. The third-order valence-corrected chi connectivity index (χ3v) is 5.78. The lowest BCUT2D eigenvalue weighted by atomic mass is 10.0. The fourth-order valence-corrected chi connectivity index (χ4v) is 3.96. The Labute approximate surface area is 172 Å². The number of H-pyrrole nitrogens is 1. The normalized spacial score (nSPS) is 14.9. The zero-order chi connectivity index (χ0) is 20.2. The van der Waals surface area contributed by atoms with Crippen molar-refractivity contribution in [3.8, 4) is 0 Å². The average Bonchev–Trinajstić information content (AvgIpc) is 2.73. The van der Waals surface area contributed by atoms with Gasteiger partial charge in [0.15, 0.2) is 0 Å². The molecule has 1 fully saturated rings. The number of aromatic nitrogens is 2. The molecule has 0 unspecified atom stereocenters. The molecule has 1 aromatic heterocycles. The number of anilines is 1. The molecule has 0 bridgehead atoms. The van der Waals surface area contributed by atoms with Crippen molar-refractivity contribution < 1.29 is 4.90 Å². The number of nitrogens with one attached hydrogen (secondary N) is 2. The van der Waals surface area contributed by atoms with E-state index in [1.54, 1.807) is 4.90 Å². The van der Waals surface area contributed by atoms with Gasteiger partial charge in [0.1, 0.15) is 6.54 Å². The zero-order valence-corrected chi connectivity index (χ0v) is 17.2. The molecular weight excluding hydrogens is 360 g/mol. The van der Waals surface area contributed by atoms with Crippen LogP contribution in [0.2, 0.25) is 0 Å². The Morgan fingerprint density at radius 2 is 1.66 bits per heavy atom. The van der Waals surface area contributed by atoms with Crippen LogP contribution < -0.4 is 15.4 Å². The molecule has 2 aromatic carbocycles. The van der Waals surface area contributed by atoms with Gasteiger partial charge in [-0.15, -0.1) is 0 Å². The van der Waals surface area contributed by atoms with Crippen molar-refractivity contribution in [3.05, 3.63) is 92.9 Å². The Bertz CT molecular complexity index is 1000. The van der Waals surface area contributed by atoms with Crippen molar-refractivity contribution in [2.45, 2.75) is 26.8 Å². The Morgan fingerprint density at radius 1 is 0.966 bits per heavy atom. The second kappa shape index (κ2) is 8.62. The number of benzene rings is 2. The SMILES string of the molecule is Cc1ccc(Cc2c(C)nc(N3CC[NH+](Cc4ccccc4)CC3)[nH]c2=O)cc1. The van der Waals surface area contributed by atoms with Crippen LogP contribution in [-0.4, -0.2) is 36.1 Å². The van der Waals surface area contributed by atoms with Crippen LogP contribution in [0.4, 0.5) is 5.95 Å². The summed E-state index contributed by atoms with van der Waals surface area (Å²) in [4.78, 5) is 24.3. The van der Waals surface area contributed by atoms with Crippen LogP contribution in [0.3, 0.4) is 0 Å². The number of hydrogen-bond donors (Lipinski definition) is 2. The smallest absolute Gasteiger partial charge is 0.256 e. The molecule has 0 atom stereocenters. The van der Waals surface area contributed by atoms with E-state index in [-0.39, 0.29) is 5.56 Å². The molecule has 3 aromatic rings. The molecule has 1 aliphatic rings. The molecule has 150 valence electrons. The lowest BCUT2D eigenvalue weighted by Gasteiger charge is -2.32. The van der Waals surface area contributed by atoms with Crippen molar-refractivity contribution in [3.63, 3.8) is 0 Å². The molecule has 5 heteroatoms. The van der Waals surface area contributed by atoms with Crippen LogP contribution >= 0.6 is 0 Å². The van der Waals surface area contributed by atoms with Gasteiger partial charge in [0.2, 0.25) is 5.95 Å². The minimum Gasteiger partial charge on any atom is -0.331 e. The molecule has 4 rings (SSSR count). The first-order valence-corrected chi connectivity index (χ1v) is 10.4. The van der Waals surface area contributed by atoms with E-state index in [1.807, 2.05) is 6.92 Å². The summed E-state index contributed by atoms with van der Waals surface area (Å²) in [7, 11) is 0. The number of quaternary nitrogens is 1. The van der Waals surface area contributed by atoms with Crippen LogP contribution in [0.25, 0.3) is 0 Å². The highest BCUT2D eigenvalue weighted by atomic mass is 16.1. The lowest BCUT2D eigenvalue weighted by Crippen LogP contribution is -3.13. The summed E-state index contributed by atoms with van der Waals surface area (Å²) in [6.07, 6.45) is 0.615. The summed E-state index contributed by atoms with van der Waals surface area (Å²) in [5.41, 5.74) is 5.29. The second-order valence-corrected chi connectivity index (χ2v) is 8.02. The highest BCUT2D eigenvalue weighted by Gasteiger charge is 2.22. The van der Waals surface area contributed by atoms with Crippen LogP contribution in [0.1, 0.15) is 27.9 Å². The molecule has 0 saturated carbocycles. The molecule has 5 nitrogen and oxygen atoms in total. The van der Waals surface area contributed by atoms with E-state index in [0.717, 1.165) is 49.5 Å². The summed E-state index contributed by atoms with van der Waals surface area (Å²) >= 11 is 0. The predicted octanol–water partition coefficient (Wildman–Crippen LogP) is 1.88. The Kier molecular flexibility index (Phi) is 5.76. The highest BCUT2D eigenvalue weighted by Crippen LogP contribution is 2.13. The topological polar surface area (TPSA) is 53.4 Å². The van der Waals surface area contributed by atoms with Gasteiger partial charge >= 0.3 is 0 Å². The molecule has 1 saturated heterocycles. The average molecular weight is 390 g/mol. The largest absolute Gasteiger partial charge is 0.331 e. The summed E-state index contributed by atoms with van der Waals surface area (Å²) < 4.78 is 0. The first-order chi connectivity index (χ1) is 14.1. The Morgan fingerprint density at radius 3 is 2.31 bits per heavy atom. The quantitative estimate of drug-likeness (QED) is 0.701. The maximum atomic E-state index is 12.8. The minimum atomic E-state index is -0.0212. The monoisotopic (exact) mass is 389 g/mol. The van der Waals surface area contributed by atoms with Gasteiger partial charge in [-0.05, 0) is 19.4 Å². The molecule has 2 heterocycles. The molecule has 0 spiro atoms. The Hall–Kier alpha value is -2.92. The van der Waals surface area contributed by atoms with Crippen LogP contribution in [0.15, 0.2) is 59.4 Å². The van der Waals surface area contributed by atoms with Crippen LogP contribution in [-0.2, 0) is 13.0 Å². The fourth-order valence-electron chi connectivity index (χ4n) is 3.96. The van der Waals surface area contributed by atoms with Crippen molar-refractivity contribution in [1.29, 1.82) is 0 Å². The first-order valence-electron chi connectivity index (χ1n) is 10.4. The van der Waals surface area contributed by atoms with Crippen LogP contribution in [0, 0.1) is 13.8 Å². The number of nitrogens with zero attached hydrogens (tertiary/aromatic N) is 2. The zero-order valence-electron chi connectivity index (χ0n) is 17.2. The standard InChI is InChI=1S/C24H28N4O/c1-18-8-10-20(11-9-18)16-22-19(2)25-24(26-23(22)29)28-14-12-27(13-15-28)17-21-6-4-3-5-7-21/h3-11H,12-17H2,1-2H3,(H,25,26,29)/p+1. The van der Waals surface area contributed by atoms with Gasteiger partial charge in [0.25, 0.3) is 5.56 Å². The molecular formula is C24H29N4O+. The number of aromatic amines is 1. The van der Waals surface area contributed by atoms with Crippen molar-refractivity contribution in [1.82, 2.24) is 9.97 Å². The summed E-state index contributed by atoms with van der Waals surface area (Å²) in [6, 6.07) is 19.0. The van der Waals surface area contributed by atoms with Crippen molar-refractivity contribution >= 4 is 5.95 Å². The third kappa shape index (κ3) is 4.74. The number of aryl methyl sites for hydroxylation is 2. The van der Waals surface area contributed by atoms with Crippen LogP contribution in [0.5, 0.6) is 0 Å². The van der Waals surface area contributed by atoms with Gasteiger partial charge in [0.05, 0.1) is 31.9 Å². The van der Waals surface area contributed by atoms with Crippen molar-refractivity contribution in [2.24, 2.45) is 0 Å². The number of rotatable bonds is 5. The van der Waals surface area contributed by atoms with E-state index in [9.17, 15) is 4.79 Å². The maximum Gasteiger partial charge on any atom is 0.256 e. The fraction of sp³-hybridized carbons (Fsp3) is 0.333. The van der Waals surface area contributed by atoms with Gasteiger partial charge in [-0.3, -0.25) is 9.78 Å². The van der Waals surface area contributed by atoms with E-state index in [1.165, 1.54) is 11.1 Å². The van der Waals surface area contributed by atoms with E-state index in [0.29, 0.717) is 12.4 Å². The number of piperazine rings is 1. The first kappa shape index (κ1) is 19.4. The number of hydrogen-bond acceptors (Lipinski definition) is 3. The lowest BCUT2D eigenvalue weighted by molar-refractivity contribution is -0.914. The van der Waals surface area contributed by atoms with Gasteiger partial charge in [-0.2, -0.15) is 0 Å². The van der Waals surface area contributed by atoms with Crippen molar-refractivity contribution in [2.75, 3.05) is 31.1 Å². The predicted molar refractivity (Wildman–Crippen MR) is 117 cm³/mol. The molecule has 29 heavy (non-hydrogen) atoms. The summed E-state index contributed by atoms with van der Waals surface area (Å²) in [5.74, 6) is 0.707. The molecule has 1 aliphatic heterocycles. The van der Waals surface area contributed by atoms with Gasteiger partial charge in [-0.1, -0.05) is 60.2 Å². The summed E-state index contributed by atoms with van der Waals surface area (Å²) in [6.45, 7) is 8.96. The third-order valence-electron chi connectivity index (χ3n) is 5.78. The summed E-state index contributed by atoms with van der Waals surface area (Å²) in [5, 5.41) is 0. The molecule has 2 N–H and O–H groups in total. The van der Waals surface area contributed by atoms with Gasteiger partial charge < -0.3 is 9.80 Å². The van der Waals surface area contributed by atoms with Gasteiger partial charge in [0, 0.05) is 17.5 Å². The molecule has 0 amide bonds.